The predicted octanol–water partition coefficient (Wildman–Crippen LogP) is 3.47. The average Bonchev–Trinajstić information content (AvgIpc) is 2.45. The highest BCUT2D eigenvalue weighted by molar-refractivity contribution is 14.0. The molecule has 0 aromatic heterocycles. The van der Waals surface area contributed by atoms with Gasteiger partial charge in [-0.1, -0.05) is 26.0 Å². The highest BCUT2D eigenvalue weighted by Crippen LogP contribution is 2.12. The zero-order valence-corrected chi connectivity index (χ0v) is 17.0. The van der Waals surface area contributed by atoms with Crippen molar-refractivity contribution in [3.05, 3.63) is 29.8 Å². The summed E-state index contributed by atoms with van der Waals surface area (Å²) in [5.74, 6) is 1.46. The number of anilines is 1. The van der Waals surface area contributed by atoms with Gasteiger partial charge in [0, 0.05) is 32.4 Å². The normalized spacial score (nSPS) is 12.6. The van der Waals surface area contributed by atoms with Crippen molar-refractivity contribution in [2.24, 2.45) is 10.9 Å². The van der Waals surface area contributed by atoms with Crippen molar-refractivity contribution in [3.63, 3.8) is 0 Å². The Balaban J connectivity index is 0.00000441. The maximum atomic E-state index is 4.66. The van der Waals surface area contributed by atoms with Crippen LogP contribution in [0.2, 0.25) is 0 Å². The first-order valence-corrected chi connectivity index (χ1v) is 7.75. The van der Waals surface area contributed by atoms with Crippen LogP contribution in [0.25, 0.3) is 0 Å². The minimum absolute atomic E-state index is 0. The summed E-state index contributed by atoms with van der Waals surface area (Å²) < 4.78 is 0. The smallest absolute Gasteiger partial charge is 0.191 e. The number of aliphatic imine (C=N–C) groups is 1. The molecule has 0 fully saturated rings. The standard InChI is InChI=1S/C17H30N4.HI/c1-7-18-17(20-14(4)13(2)3)19-12-15-8-10-16(11-9-15)21(5)6;/h8-11,13-14H,7,12H2,1-6H3,(H2,18,19,20);1H. The lowest BCUT2D eigenvalue weighted by Gasteiger charge is -2.20. The molecule has 1 rings (SSSR count). The second-order valence-corrected chi connectivity index (χ2v) is 5.93. The largest absolute Gasteiger partial charge is 0.378 e. The number of hydrogen-bond acceptors (Lipinski definition) is 2. The number of guanidine groups is 1. The molecule has 0 aliphatic heterocycles. The summed E-state index contributed by atoms with van der Waals surface area (Å²) in [6, 6.07) is 8.92. The minimum Gasteiger partial charge on any atom is -0.378 e. The van der Waals surface area contributed by atoms with Gasteiger partial charge in [0.25, 0.3) is 0 Å². The quantitative estimate of drug-likeness (QED) is 0.422. The second kappa shape index (κ2) is 10.7. The maximum absolute atomic E-state index is 4.66. The Bertz CT molecular complexity index is 440. The van der Waals surface area contributed by atoms with E-state index in [1.807, 2.05) is 14.1 Å². The topological polar surface area (TPSA) is 39.7 Å². The van der Waals surface area contributed by atoms with Crippen LogP contribution in [0.5, 0.6) is 0 Å². The summed E-state index contributed by atoms with van der Waals surface area (Å²) in [7, 11) is 4.10. The third kappa shape index (κ3) is 7.33. The van der Waals surface area contributed by atoms with Crippen LogP contribution in [0.3, 0.4) is 0 Å². The van der Waals surface area contributed by atoms with Crippen LogP contribution in [0.1, 0.15) is 33.3 Å². The number of benzene rings is 1. The number of rotatable bonds is 6. The monoisotopic (exact) mass is 418 g/mol. The molecular weight excluding hydrogens is 387 g/mol. The van der Waals surface area contributed by atoms with Crippen molar-refractivity contribution in [1.29, 1.82) is 0 Å². The molecule has 0 amide bonds. The molecule has 0 saturated heterocycles. The molecule has 1 aromatic rings. The zero-order chi connectivity index (χ0) is 15.8. The van der Waals surface area contributed by atoms with E-state index in [1.54, 1.807) is 0 Å². The minimum atomic E-state index is 0. The van der Waals surface area contributed by atoms with Crippen LogP contribution in [-0.2, 0) is 6.54 Å². The maximum Gasteiger partial charge on any atom is 0.191 e. The Morgan fingerprint density at radius 3 is 2.18 bits per heavy atom. The Kier molecular flexibility index (Phi) is 10.2. The molecule has 0 heterocycles. The van der Waals surface area contributed by atoms with E-state index < -0.39 is 0 Å². The highest BCUT2D eigenvalue weighted by atomic mass is 127. The Morgan fingerprint density at radius 1 is 1.14 bits per heavy atom. The second-order valence-electron chi connectivity index (χ2n) is 5.93. The summed E-state index contributed by atoms with van der Waals surface area (Å²) >= 11 is 0. The Hall–Kier alpha value is -0.980. The van der Waals surface area contributed by atoms with Gasteiger partial charge in [-0.15, -0.1) is 24.0 Å². The number of nitrogens with one attached hydrogen (secondary N) is 2. The Labute approximate surface area is 152 Å². The summed E-state index contributed by atoms with van der Waals surface area (Å²) in [6.45, 7) is 10.2. The molecule has 0 aliphatic carbocycles. The molecule has 0 aliphatic rings. The molecule has 0 saturated carbocycles. The molecule has 0 bridgehead atoms. The fourth-order valence-corrected chi connectivity index (χ4v) is 1.77. The molecule has 4 nitrogen and oxygen atoms in total. The number of hydrogen-bond donors (Lipinski definition) is 2. The predicted molar refractivity (Wildman–Crippen MR) is 108 cm³/mol. The van der Waals surface area contributed by atoms with Gasteiger partial charge in [0.1, 0.15) is 0 Å². The van der Waals surface area contributed by atoms with Gasteiger partial charge in [-0.2, -0.15) is 0 Å². The van der Waals surface area contributed by atoms with Crippen molar-refractivity contribution in [2.75, 3.05) is 25.5 Å². The zero-order valence-electron chi connectivity index (χ0n) is 14.7. The van der Waals surface area contributed by atoms with Crippen LogP contribution >= 0.6 is 24.0 Å². The fraction of sp³-hybridized carbons (Fsp3) is 0.588. The van der Waals surface area contributed by atoms with Crippen LogP contribution in [0.4, 0.5) is 5.69 Å². The van der Waals surface area contributed by atoms with Crippen molar-refractivity contribution >= 4 is 35.6 Å². The number of halogens is 1. The molecule has 0 spiro atoms. The fourth-order valence-electron chi connectivity index (χ4n) is 1.77. The number of nitrogens with zero attached hydrogens (tertiary/aromatic N) is 2. The van der Waals surface area contributed by atoms with Crippen LogP contribution < -0.4 is 15.5 Å². The first kappa shape index (κ1) is 21.0. The van der Waals surface area contributed by atoms with E-state index in [1.165, 1.54) is 11.3 Å². The summed E-state index contributed by atoms with van der Waals surface area (Å²) in [4.78, 5) is 6.76. The van der Waals surface area contributed by atoms with E-state index in [4.69, 9.17) is 0 Å². The lowest BCUT2D eigenvalue weighted by atomic mass is 10.1. The van der Waals surface area contributed by atoms with Crippen LogP contribution in [0, 0.1) is 5.92 Å². The first-order valence-electron chi connectivity index (χ1n) is 7.75. The van der Waals surface area contributed by atoms with E-state index in [2.05, 4.69) is 72.5 Å². The van der Waals surface area contributed by atoms with Crippen molar-refractivity contribution in [2.45, 2.75) is 40.3 Å². The van der Waals surface area contributed by atoms with Crippen molar-refractivity contribution < 1.29 is 0 Å². The molecule has 22 heavy (non-hydrogen) atoms. The van der Waals surface area contributed by atoms with Crippen LogP contribution in [-0.4, -0.2) is 32.6 Å². The van der Waals surface area contributed by atoms with Gasteiger partial charge in [-0.25, -0.2) is 4.99 Å². The van der Waals surface area contributed by atoms with Crippen molar-refractivity contribution in [1.82, 2.24) is 10.6 Å². The lowest BCUT2D eigenvalue weighted by Crippen LogP contribution is -2.44. The van der Waals surface area contributed by atoms with Gasteiger partial charge in [-0.3, -0.25) is 0 Å². The van der Waals surface area contributed by atoms with Gasteiger partial charge >= 0.3 is 0 Å². The summed E-state index contributed by atoms with van der Waals surface area (Å²) in [5.41, 5.74) is 2.43. The molecule has 1 aromatic carbocycles. The lowest BCUT2D eigenvalue weighted by molar-refractivity contribution is 0.481. The summed E-state index contributed by atoms with van der Waals surface area (Å²) in [5, 5.41) is 6.75. The molecule has 0 radical (unpaired) electrons. The highest BCUT2D eigenvalue weighted by Gasteiger charge is 2.08. The van der Waals surface area contributed by atoms with E-state index >= 15 is 0 Å². The molecule has 126 valence electrons. The van der Waals surface area contributed by atoms with Gasteiger partial charge in [0.2, 0.25) is 0 Å². The molecule has 5 heteroatoms. The third-order valence-corrected chi connectivity index (χ3v) is 3.58. The van der Waals surface area contributed by atoms with Crippen molar-refractivity contribution in [3.8, 4) is 0 Å². The van der Waals surface area contributed by atoms with E-state index in [0.717, 1.165) is 12.5 Å². The van der Waals surface area contributed by atoms with Gasteiger partial charge < -0.3 is 15.5 Å². The van der Waals surface area contributed by atoms with E-state index in [0.29, 0.717) is 18.5 Å². The Morgan fingerprint density at radius 2 is 1.73 bits per heavy atom. The molecular formula is C17H31IN4. The third-order valence-electron chi connectivity index (χ3n) is 3.58. The molecule has 1 unspecified atom stereocenters. The van der Waals surface area contributed by atoms with E-state index in [-0.39, 0.29) is 24.0 Å². The summed E-state index contributed by atoms with van der Waals surface area (Å²) in [6.07, 6.45) is 0. The first-order chi connectivity index (χ1) is 9.93. The molecule has 1 atom stereocenters. The average molecular weight is 418 g/mol. The van der Waals surface area contributed by atoms with Crippen LogP contribution in [0.15, 0.2) is 29.3 Å². The van der Waals surface area contributed by atoms with Gasteiger partial charge in [0.15, 0.2) is 5.96 Å². The van der Waals surface area contributed by atoms with Gasteiger partial charge in [-0.05, 0) is 37.5 Å². The molecule has 2 N–H and O–H groups in total. The van der Waals surface area contributed by atoms with Gasteiger partial charge in [0.05, 0.1) is 6.54 Å². The SMILES string of the molecule is CCNC(=NCc1ccc(N(C)C)cc1)NC(C)C(C)C.I. The van der Waals surface area contributed by atoms with E-state index in [9.17, 15) is 0 Å².